The molecule has 2 unspecified atom stereocenters. The highest BCUT2D eigenvalue weighted by atomic mass is 32.1. The molecule has 1 aliphatic rings. The number of ether oxygens (including phenoxy) is 1. The Morgan fingerprint density at radius 1 is 1.70 bits per heavy atom. The standard InChI is InChI=1S/C7H12O2S/c1-5-2-3-9-7(8)6(10)4-5/h5-6,10H,2-4H2,1H3. The van der Waals surface area contributed by atoms with Crippen molar-refractivity contribution >= 4 is 18.6 Å². The third kappa shape index (κ3) is 1.90. The second kappa shape index (κ2) is 3.28. The highest BCUT2D eigenvalue weighted by molar-refractivity contribution is 7.81. The smallest absolute Gasteiger partial charge is 0.318 e. The highest BCUT2D eigenvalue weighted by Crippen LogP contribution is 2.19. The number of carbonyl (C=O) groups is 1. The topological polar surface area (TPSA) is 26.3 Å². The molecular formula is C7H12O2S. The Labute approximate surface area is 66.4 Å². The Bertz CT molecular complexity index is 136. The second-order valence-corrected chi connectivity index (χ2v) is 3.44. The van der Waals surface area contributed by atoms with Crippen LogP contribution in [-0.4, -0.2) is 17.8 Å². The molecule has 0 spiro atoms. The van der Waals surface area contributed by atoms with Gasteiger partial charge < -0.3 is 4.74 Å². The molecule has 1 rings (SSSR count). The molecule has 10 heavy (non-hydrogen) atoms. The first-order chi connectivity index (χ1) is 4.70. The zero-order valence-corrected chi connectivity index (χ0v) is 6.93. The number of cyclic esters (lactones) is 1. The Hall–Kier alpha value is -0.180. The van der Waals surface area contributed by atoms with Crippen molar-refractivity contribution in [3.05, 3.63) is 0 Å². The van der Waals surface area contributed by atoms with Gasteiger partial charge in [0.2, 0.25) is 0 Å². The fourth-order valence-electron chi connectivity index (χ4n) is 1.05. The molecule has 2 atom stereocenters. The summed E-state index contributed by atoms with van der Waals surface area (Å²) in [5, 5.41) is -0.197. The van der Waals surface area contributed by atoms with Crippen molar-refractivity contribution in [2.45, 2.75) is 25.0 Å². The largest absolute Gasteiger partial charge is 0.465 e. The number of thiol groups is 1. The molecule has 0 N–H and O–H groups in total. The summed E-state index contributed by atoms with van der Waals surface area (Å²) in [4.78, 5) is 10.9. The Morgan fingerprint density at radius 3 is 3.10 bits per heavy atom. The summed E-state index contributed by atoms with van der Waals surface area (Å²) in [5.41, 5.74) is 0. The fourth-order valence-corrected chi connectivity index (χ4v) is 1.49. The molecule has 0 aromatic rings. The normalized spacial score (nSPS) is 34.8. The summed E-state index contributed by atoms with van der Waals surface area (Å²) in [6.07, 6.45) is 1.82. The van der Waals surface area contributed by atoms with Crippen LogP contribution in [0.3, 0.4) is 0 Å². The maximum Gasteiger partial charge on any atom is 0.318 e. The van der Waals surface area contributed by atoms with Gasteiger partial charge in [0.15, 0.2) is 0 Å². The lowest BCUT2D eigenvalue weighted by Gasteiger charge is -2.06. The predicted molar refractivity (Wildman–Crippen MR) is 42.1 cm³/mol. The zero-order valence-electron chi connectivity index (χ0n) is 6.04. The Morgan fingerprint density at radius 2 is 2.40 bits per heavy atom. The van der Waals surface area contributed by atoms with E-state index in [0.29, 0.717) is 12.5 Å². The average Bonchev–Trinajstić information content (AvgIpc) is 1.96. The molecule has 1 fully saturated rings. The van der Waals surface area contributed by atoms with Crippen LogP contribution in [0.5, 0.6) is 0 Å². The van der Waals surface area contributed by atoms with Gasteiger partial charge in [-0.3, -0.25) is 4.79 Å². The molecule has 0 saturated carbocycles. The minimum Gasteiger partial charge on any atom is -0.465 e. The van der Waals surface area contributed by atoms with Crippen LogP contribution in [0.4, 0.5) is 0 Å². The lowest BCUT2D eigenvalue weighted by atomic mass is 10.0. The van der Waals surface area contributed by atoms with Crippen LogP contribution in [0.2, 0.25) is 0 Å². The van der Waals surface area contributed by atoms with E-state index in [1.54, 1.807) is 0 Å². The van der Waals surface area contributed by atoms with Crippen LogP contribution in [0.1, 0.15) is 19.8 Å². The first-order valence-electron chi connectivity index (χ1n) is 3.55. The van der Waals surface area contributed by atoms with E-state index >= 15 is 0 Å². The number of hydrogen-bond acceptors (Lipinski definition) is 3. The van der Waals surface area contributed by atoms with Gasteiger partial charge in [-0.05, 0) is 18.8 Å². The van der Waals surface area contributed by atoms with Crippen molar-refractivity contribution in [1.82, 2.24) is 0 Å². The van der Waals surface area contributed by atoms with Gasteiger partial charge in [-0.1, -0.05) is 6.92 Å². The van der Waals surface area contributed by atoms with Crippen molar-refractivity contribution < 1.29 is 9.53 Å². The summed E-state index contributed by atoms with van der Waals surface area (Å²) < 4.78 is 4.87. The first-order valence-corrected chi connectivity index (χ1v) is 4.06. The molecule has 0 aromatic heterocycles. The first kappa shape index (κ1) is 7.92. The Kier molecular flexibility index (Phi) is 2.60. The molecule has 3 heteroatoms. The summed E-state index contributed by atoms with van der Waals surface area (Å²) in [5.74, 6) is 0.404. The van der Waals surface area contributed by atoms with Crippen LogP contribution in [0.15, 0.2) is 0 Å². The molecule has 58 valence electrons. The van der Waals surface area contributed by atoms with Crippen molar-refractivity contribution in [1.29, 1.82) is 0 Å². The van der Waals surface area contributed by atoms with Crippen molar-refractivity contribution in [2.24, 2.45) is 5.92 Å². The third-order valence-electron chi connectivity index (χ3n) is 1.75. The summed E-state index contributed by atoms with van der Waals surface area (Å²) in [6, 6.07) is 0. The van der Waals surface area contributed by atoms with Crippen LogP contribution in [0, 0.1) is 5.92 Å². The molecule has 0 aromatic carbocycles. The average molecular weight is 160 g/mol. The molecule has 2 nitrogen and oxygen atoms in total. The number of hydrogen-bond donors (Lipinski definition) is 1. The summed E-state index contributed by atoms with van der Waals surface area (Å²) >= 11 is 4.11. The molecule has 1 saturated heterocycles. The zero-order chi connectivity index (χ0) is 7.56. The third-order valence-corrected chi connectivity index (χ3v) is 2.17. The molecule has 1 heterocycles. The lowest BCUT2D eigenvalue weighted by Crippen LogP contribution is -2.15. The maximum absolute atomic E-state index is 10.9. The van der Waals surface area contributed by atoms with E-state index in [1.165, 1.54) is 0 Å². The number of carbonyl (C=O) groups excluding carboxylic acids is 1. The van der Waals surface area contributed by atoms with Crippen molar-refractivity contribution in [2.75, 3.05) is 6.61 Å². The molecule has 0 bridgehead atoms. The van der Waals surface area contributed by atoms with E-state index in [9.17, 15) is 4.79 Å². The SMILES string of the molecule is CC1CCOC(=O)C(S)C1. The van der Waals surface area contributed by atoms with Gasteiger partial charge in [0.05, 0.1) is 11.9 Å². The molecule has 0 radical (unpaired) electrons. The second-order valence-electron chi connectivity index (χ2n) is 2.81. The predicted octanol–water partition coefficient (Wildman–Crippen LogP) is 1.26. The molecule has 0 amide bonds. The van der Waals surface area contributed by atoms with Crippen LogP contribution >= 0.6 is 12.6 Å². The molecular weight excluding hydrogens is 148 g/mol. The van der Waals surface area contributed by atoms with Gasteiger partial charge in [-0.25, -0.2) is 0 Å². The molecule has 1 aliphatic heterocycles. The van der Waals surface area contributed by atoms with E-state index in [-0.39, 0.29) is 11.2 Å². The van der Waals surface area contributed by atoms with Gasteiger partial charge in [0.25, 0.3) is 0 Å². The summed E-state index contributed by atoms with van der Waals surface area (Å²) in [6.45, 7) is 2.68. The van der Waals surface area contributed by atoms with Gasteiger partial charge in [-0.15, -0.1) is 0 Å². The van der Waals surface area contributed by atoms with E-state index in [0.717, 1.165) is 12.8 Å². The van der Waals surface area contributed by atoms with Gasteiger partial charge in [-0.2, -0.15) is 12.6 Å². The van der Waals surface area contributed by atoms with Gasteiger partial charge in [0, 0.05) is 0 Å². The van der Waals surface area contributed by atoms with Crippen molar-refractivity contribution in [3.8, 4) is 0 Å². The molecule has 0 aliphatic carbocycles. The monoisotopic (exact) mass is 160 g/mol. The van der Waals surface area contributed by atoms with Crippen molar-refractivity contribution in [3.63, 3.8) is 0 Å². The minimum atomic E-state index is -0.197. The van der Waals surface area contributed by atoms with Crippen LogP contribution in [0.25, 0.3) is 0 Å². The quantitative estimate of drug-likeness (QED) is 0.426. The van der Waals surface area contributed by atoms with E-state index in [2.05, 4.69) is 19.6 Å². The fraction of sp³-hybridized carbons (Fsp3) is 0.857. The van der Waals surface area contributed by atoms with Crippen LogP contribution < -0.4 is 0 Å². The van der Waals surface area contributed by atoms with Gasteiger partial charge >= 0.3 is 5.97 Å². The number of rotatable bonds is 0. The summed E-state index contributed by atoms with van der Waals surface area (Å²) in [7, 11) is 0. The minimum absolute atomic E-state index is 0.160. The van der Waals surface area contributed by atoms with Gasteiger partial charge in [0.1, 0.15) is 0 Å². The van der Waals surface area contributed by atoms with Crippen LogP contribution in [-0.2, 0) is 9.53 Å². The van der Waals surface area contributed by atoms with E-state index < -0.39 is 0 Å². The van der Waals surface area contributed by atoms with E-state index in [1.807, 2.05) is 0 Å². The number of esters is 1. The Balaban J connectivity index is 2.49. The van der Waals surface area contributed by atoms with E-state index in [4.69, 9.17) is 4.74 Å². The maximum atomic E-state index is 10.9. The lowest BCUT2D eigenvalue weighted by molar-refractivity contribution is -0.142. The highest BCUT2D eigenvalue weighted by Gasteiger charge is 2.22.